The smallest absolute Gasteiger partial charge is 0.365 e. The number of anilines is 1. The summed E-state index contributed by atoms with van der Waals surface area (Å²) >= 11 is 0. The van der Waals surface area contributed by atoms with E-state index in [9.17, 15) is 13.2 Å². The number of rotatable bonds is 2. The lowest BCUT2D eigenvalue weighted by molar-refractivity contribution is -0.221. The molecular weight excluding hydrogens is 259 g/mol. The Hall–Kier alpha value is -1.37. The van der Waals surface area contributed by atoms with Crippen LogP contribution < -0.4 is 4.90 Å². The Morgan fingerprint density at radius 1 is 1.47 bits per heavy atom. The summed E-state index contributed by atoms with van der Waals surface area (Å²) in [4.78, 5) is 9.97. The minimum Gasteiger partial charge on any atom is -0.365 e. The number of hydrogen-bond acceptors (Lipinski definition) is 4. The van der Waals surface area contributed by atoms with Gasteiger partial charge in [0, 0.05) is 18.4 Å². The van der Waals surface area contributed by atoms with E-state index in [0.29, 0.717) is 12.5 Å². The quantitative estimate of drug-likeness (QED) is 0.828. The molecule has 0 aromatic carbocycles. The summed E-state index contributed by atoms with van der Waals surface area (Å²) in [6, 6.07) is 0. The molecule has 0 saturated carbocycles. The molecule has 0 amide bonds. The van der Waals surface area contributed by atoms with E-state index in [4.69, 9.17) is 4.74 Å². The first-order valence-corrected chi connectivity index (χ1v) is 6.17. The van der Waals surface area contributed by atoms with Crippen LogP contribution in [-0.4, -0.2) is 41.9 Å². The second-order valence-corrected chi connectivity index (χ2v) is 4.50. The molecule has 1 saturated heterocycles. The van der Waals surface area contributed by atoms with Gasteiger partial charge in [-0.05, 0) is 18.9 Å². The summed E-state index contributed by atoms with van der Waals surface area (Å²) in [5, 5.41) is 0. The monoisotopic (exact) mass is 275 g/mol. The molecule has 0 radical (unpaired) electrons. The average molecular weight is 275 g/mol. The maximum atomic E-state index is 12.6. The van der Waals surface area contributed by atoms with Gasteiger partial charge in [0.15, 0.2) is 6.10 Å². The second kappa shape index (κ2) is 5.32. The molecule has 0 bridgehead atoms. The molecule has 106 valence electrons. The average Bonchev–Trinajstić information content (AvgIpc) is 2.38. The maximum Gasteiger partial charge on any atom is 0.416 e. The first kappa shape index (κ1) is 14.0. The summed E-state index contributed by atoms with van der Waals surface area (Å²) in [5.74, 6) is 0.347. The van der Waals surface area contributed by atoms with Crippen molar-refractivity contribution in [3.8, 4) is 0 Å². The van der Waals surface area contributed by atoms with Crippen molar-refractivity contribution in [2.45, 2.75) is 32.5 Å². The fourth-order valence-corrected chi connectivity index (χ4v) is 2.01. The number of aryl methyl sites for hydroxylation is 2. The molecular formula is C12H16F3N3O. The molecule has 2 heterocycles. The summed E-state index contributed by atoms with van der Waals surface area (Å²) < 4.78 is 42.7. The topological polar surface area (TPSA) is 38.2 Å². The van der Waals surface area contributed by atoms with Crippen LogP contribution in [0, 0.1) is 6.92 Å². The zero-order valence-corrected chi connectivity index (χ0v) is 10.9. The predicted molar refractivity (Wildman–Crippen MR) is 64.2 cm³/mol. The Morgan fingerprint density at radius 3 is 2.84 bits per heavy atom. The summed E-state index contributed by atoms with van der Waals surface area (Å²) in [6.45, 7) is 3.99. The van der Waals surface area contributed by atoms with Crippen LogP contribution in [0.1, 0.15) is 18.2 Å². The first-order valence-electron chi connectivity index (χ1n) is 6.17. The molecule has 0 spiro atoms. The Bertz CT molecular complexity index is 450. The van der Waals surface area contributed by atoms with Crippen LogP contribution in [-0.2, 0) is 11.2 Å². The number of morpholine rings is 1. The summed E-state index contributed by atoms with van der Waals surface area (Å²) in [7, 11) is 0. The molecule has 1 aliphatic heterocycles. The van der Waals surface area contributed by atoms with Crippen molar-refractivity contribution in [1.82, 2.24) is 9.97 Å². The van der Waals surface area contributed by atoms with Crippen LogP contribution in [0.25, 0.3) is 0 Å². The van der Waals surface area contributed by atoms with Gasteiger partial charge >= 0.3 is 6.18 Å². The van der Waals surface area contributed by atoms with Gasteiger partial charge in [-0.3, -0.25) is 0 Å². The highest BCUT2D eigenvalue weighted by Gasteiger charge is 2.43. The van der Waals surface area contributed by atoms with Crippen molar-refractivity contribution >= 4 is 5.95 Å². The number of ether oxygens (including phenoxy) is 1. The van der Waals surface area contributed by atoms with E-state index in [2.05, 4.69) is 9.97 Å². The third-order valence-electron chi connectivity index (χ3n) is 3.11. The molecule has 1 aromatic rings. The summed E-state index contributed by atoms with van der Waals surface area (Å²) in [6.07, 6.45) is -3.74. The lowest BCUT2D eigenvalue weighted by Crippen LogP contribution is -2.49. The molecule has 0 aliphatic carbocycles. The Kier molecular flexibility index (Phi) is 3.93. The summed E-state index contributed by atoms with van der Waals surface area (Å²) in [5.41, 5.74) is 1.81. The van der Waals surface area contributed by atoms with Crippen LogP contribution in [0.4, 0.5) is 19.1 Å². The molecule has 4 nitrogen and oxygen atoms in total. The number of halogens is 3. The van der Waals surface area contributed by atoms with E-state index in [1.54, 1.807) is 6.20 Å². The van der Waals surface area contributed by atoms with Gasteiger partial charge in [0.1, 0.15) is 0 Å². The van der Waals surface area contributed by atoms with Crippen molar-refractivity contribution in [3.63, 3.8) is 0 Å². The van der Waals surface area contributed by atoms with Crippen molar-refractivity contribution in [2.75, 3.05) is 24.6 Å². The van der Waals surface area contributed by atoms with Gasteiger partial charge in [-0.2, -0.15) is 13.2 Å². The molecule has 19 heavy (non-hydrogen) atoms. The first-order chi connectivity index (χ1) is 8.91. The van der Waals surface area contributed by atoms with Crippen molar-refractivity contribution in [1.29, 1.82) is 0 Å². The van der Waals surface area contributed by atoms with Crippen LogP contribution in [0.3, 0.4) is 0 Å². The van der Waals surface area contributed by atoms with Gasteiger partial charge in [-0.15, -0.1) is 0 Å². The molecule has 1 aromatic heterocycles. The third kappa shape index (κ3) is 3.15. The molecule has 1 unspecified atom stereocenters. The lowest BCUT2D eigenvalue weighted by Gasteiger charge is -2.33. The normalized spacial score (nSPS) is 20.7. The number of hydrogen-bond donors (Lipinski definition) is 0. The van der Waals surface area contributed by atoms with E-state index in [1.807, 2.05) is 13.8 Å². The fraction of sp³-hybridized carbons (Fsp3) is 0.667. The van der Waals surface area contributed by atoms with Gasteiger partial charge in [0.25, 0.3) is 0 Å². The van der Waals surface area contributed by atoms with E-state index >= 15 is 0 Å². The highest BCUT2D eigenvalue weighted by Crippen LogP contribution is 2.27. The minimum atomic E-state index is -4.35. The van der Waals surface area contributed by atoms with Crippen molar-refractivity contribution in [2.24, 2.45) is 0 Å². The molecule has 1 fully saturated rings. The maximum absolute atomic E-state index is 12.6. The molecule has 2 rings (SSSR count). The van der Waals surface area contributed by atoms with E-state index < -0.39 is 12.3 Å². The SMILES string of the molecule is CCc1nc(N2CCOC(C(F)(F)F)C2)ncc1C. The fourth-order valence-electron chi connectivity index (χ4n) is 2.01. The van der Waals surface area contributed by atoms with Gasteiger partial charge in [0.05, 0.1) is 13.2 Å². The van der Waals surface area contributed by atoms with E-state index in [-0.39, 0.29) is 13.2 Å². The molecule has 1 atom stereocenters. The minimum absolute atomic E-state index is 0.0306. The predicted octanol–water partition coefficient (Wildman–Crippen LogP) is 2.11. The molecule has 0 N–H and O–H groups in total. The third-order valence-corrected chi connectivity index (χ3v) is 3.11. The van der Waals surface area contributed by atoms with Crippen LogP contribution in [0.15, 0.2) is 6.20 Å². The number of alkyl halides is 3. The Balaban J connectivity index is 2.17. The number of aromatic nitrogens is 2. The Morgan fingerprint density at radius 2 is 2.21 bits per heavy atom. The zero-order chi connectivity index (χ0) is 14.0. The molecule has 7 heteroatoms. The largest absolute Gasteiger partial charge is 0.416 e. The van der Waals surface area contributed by atoms with Crippen molar-refractivity contribution in [3.05, 3.63) is 17.5 Å². The van der Waals surface area contributed by atoms with E-state index in [0.717, 1.165) is 17.7 Å². The lowest BCUT2D eigenvalue weighted by atomic mass is 10.2. The van der Waals surface area contributed by atoms with Gasteiger partial charge in [0.2, 0.25) is 5.95 Å². The Labute approximate surface area is 109 Å². The van der Waals surface area contributed by atoms with Crippen molar-refractivity contribution < 1.29 is 17.9 Å². The number of nitrogens with zero attached hydrogens (tertiary/aromatic N) is 3. The molecule has 1 aliphatic rings. The van der Waals surface area contributed by atoms with Crippen LogP contribution in [0.5, 0.6) is 0 Å². The van der Waals surface area contributed by atoms with E-state index in [1.165, 1.54) is 4.90 Å². The van der Waals surface area contributed by atoms with Gasteiger partial charge < -0.3 is 9.64 Å². The van der Waals surface area contributed by atoms with Gasteiger partial charge in [-0.25, -0.2) is 9.97 Å². The highest BCUT2D eigenvalue weighted by molar-refractivity contribution is 5.33. The zero-order valence-electron chi connectivity index (χ0n) is 10.9. The standard InChI is InChI=1S/C12H16F3N3O/c1-3-9-8(2)6-16-11(17-9)18-4-5-19-10(7-18)12(13,14)15/h6,10H,3-5,7H2,1-2H3. The highest BCUT2D eigenvalue weighted by atomic mass is 19.4. The van der Waals surface area contributed by atoms with Crippen LogP contribution >= 0.6 is 0 Å². The van der Waals surface area contributed by atoms with Crippen LogP contribution in [0.2, 0.25) is 0 Å². The second-order valence-electron chi connectivity index (χ2n) is 4.50. The van der Waals surface area contributed by atoms with Gasteiger partial charge in [-0.1, -0.05) is 6.92 Å².